The molecule has 0 heterocycles. The number of nitrogens with one attached hydrogen (secondary N) is 1. The highest BCUT2D eigenvalue weighted by Crippen LogP contribution is 2.23. The number of carbonyl (C=O) groups excluding carboxylic acids is 2. The SMILES string of the molecule is CCNC(=O)[C@@H](Cc1ccccc1)N(Cc1cccc(Cl)c1)C(=O)CN(c1ccc(F)c(F)c1)S(C)(=O)=O. The Labute approximate surface area is 226 Å². The van der Waals surface area contributed by atoms with E-state index >= 15 is 0 Å². The van der Waals surface area contributed by atoms with Crippen LogP contribution in [0.4, 0.5) is 14.5 Å². The summed E-state index contributed by atoms with van der Waals surface area (Å²) in [5.41, 5.74) is 1.18. The van der Waals surface area contributed by atoms with Crippen LogP contribution in [0.5, 0.6) is 0 Å². The zero-order valence-corrected chi connectivity index (χ0v) is 22.5. The third-order valence-electron chi connectivity index (χ3n) is 5.73. The number of benzene rings is 3. The van der Waals surface area contributed by atoms with E-state index in [2.05, 4.69) is 5.32 Å². The molecule has 3 aromatic carbocycles. The van der Waals surface area contributed by atoms with Crippen LogP contribution < -0.4 is 9.62 Å². The van der Waals surface area contributed by atoms with Gasteiger partial charge < -0.3 is 10.2 Å². The van der Waals surface area contributed by atoms with E-state index in [1.54, 1.807) is 31.2 Å². The van der Waals surface area contributed by atoms with Gasteiger partial charge in [-0.25, -0.2) is 17.2 Å². The minimum Gasteiger partial charge on any atom is -0.355 e. The summed E-state index contributed by atoms with van der Waals surface area (Å²) in [5.74, 6) is -3.56. The van der Waals surface area contributed by atoms with Gasteiger partial charge in [0.2, 0.25) is 21.8 Å². The van der Waals surface area contributed by atoms with Gasteiger partial charge in [-0.3, -0.25) is 13.9 Å². The van der Waals surface area contributed by atoms with Crippen LogP contribution in [0.2, 0.25) is 5.02 Å². The van der Waals surface area contributed by atoms with Crippen molar-refractivity contribution in [1.82, 2.24) is 10.2 Å². The lowest BCUT2D eigenvalue weighted by atomic mass is 10.0. The van der Waals surface area contributed by atoms with Crippen molar-refractivity contribution in [3.05, 3.63) is 101 Å². The first-order chi connectivity index (χ1) is 18.0. The number of halogens is 3. The number of hydrogen-bond donors (Lipinski definition) is 1. The molecular weight excluding hydrogens is 536 g/mol. The van der Waals surface area contributed by atoms with Gasteiger partial charge in [-0.1, -0.05) is 54.1 Å². The highest BCUT2D eigenvalue weighted by molar-refractivity contribution is 7.92. The first-order valence-corrected chi connectivity index (χ1v) is 14.0. The van der Waals surface area contributed by atoms with Crippen LogP contribution in [0.1, 0.15) is 18.1 Å². The van der Waals surface area contributed by atoms with E-state index in [0.29, 0.717) is 27.5 Å². The predicted molar refractivity (Wildman–Crippen MR) is 143 cm³/mol. The van der Waals surface area contributed by atoms with E-state index in [0.717, 1.165) is 24.0 Å². The summed E-state index contributed by atoms with van der Waals surface area (Å²) in [4.78, 5) is 28.3. The summed E-state index contributed by atoms with van der Waals surface area (Å²) in [6.45, 7) is 1.27. The average molecular weight is 564 g/mol. The lowest BCUT2D eigenvalue weighted by Gasteiger charge is -2.33. The lowest BCUT2D eigenvalue weighted by Crippen LogP contribution is -2.53. The zero-order valence-electron chi connectivity index (χ0n) is 20.9. The Bertz CT molecular complexity index is 1390. The topological polar surface area (TPSA) is 86.8 Å². The molecule has 0 saturated heterocycles. The number of nitrogens with zero attached hydrogens (tertiary/aromatic N) is 2. The van der Waals surface area contributed by atoms with Gasteiger partial charge in [-0.15, -0.1) is 0 Å². The molecule has 0 fully saturated rings. The standard InChI is InChI=1S/C27H28ClF2N3O4S/c1-3-31-27(35)25(15-19-8-5-4-6-9-19)32(17-20-10-7-11-21(28)14-20)26(34)18-33(38(2,36)37)22-12-13-23(29)24(30)16-22/h4-14,16,25H,3,15,17-18H2,1-2H3,(H,31,35)/t25-/m1/s1. The maximum absolute atomic E-state index is 14.0. The van der Waals surface area contributed by atoms with Gasteiger partial charge in [-0.2, -0.15) is 0 Å². The summed E-state index contributed by atoms with van der Waals surface area (Å²) >= 11 is 6.14. The van der Waals surface area contributed by atoms with Crippen molar-refractivity contribution in [3.63, 3.8) is 0 Å². The zero-order chi connectivity index (χ0) is 27.9. The minimum atomic E-state index is -4.10. The smallest absolute Gasteiger partial charge is 0.244 e. The van der Waals surface area contributed by atoms with Gasteiger partial charge in [-0.05, 0) is 42.3 Å². The van der Waals surface area contributed by atoms with E-state index in [-0.39, 0.29) is 18.7 Å². The van der Waals surface area contributed by atoms with E-state index in [1.165, 1.54) is 4.90 Å². The molecule has 0 saturated carbocycles. The lowest BCUT2D eigenvalue weighted by molar-refractivity contribution is -0.140. The molecule has 1 N–H and O–H groups in total. The largest absolute Gasteiger partial charge is 0.355 e. The van der Waals surface area contributed by atoms with Crippen LogP contribution in [0.25, 0.3) is 0 Å². The Morgan fingerprint density at radius 3 is 2.24 bits per heavy atom. The number of amides is 2. The molecule has 2 amide bonds. The average Bonchev–Trinajstić information content (AvgIpc) is 2.86. The highest BCUT2D eigenvalue weighted by atomic mass is 35.5. The van der Waals surface area contributed by atoms with Gasteiger partial charge in [0.25, 0.3) is 0 Å². The molecule has 1 atom stereocenters. The Morgan fingerprint density at radius 1 is 0.947 bits per heavy atom. The predicted octanol–water partition coefficient (Wildman–Crippen LogP) is 4.16. The van der Waals surface area contributed by atoms with E-state index in [9.17, 15) is 26.8 Å². The maximum Gasteiger partial charge on any atom is 0.244 e. The fourth-order valence-electron chi connectivity index (χ4n) is 3.93. The molecule has 0 aliphatic heterocycles. The summed E-state index contributed by atoms with van der Waals surface area (Å²) in [7, 11) is -4.10. The maximum atomic E-state index is 14.0. The second kappa shape index (κ2) is 12.8. The third kappa shape index (κ3) is 7.75. The number of rotatable bonds is 11. The molecule has 0 bridgehead atoms. The van der Waals surface area contributed by atoms with Crippen LogP contribution in [-0.4, -0.2) is 50.5 Å². The Kier molecular flexibility index (Phi) is 9.82. The van der Waals surface area contributed by atoms with Gasteiger partial charge in [0.05, 0.1) is 11.9 Å². The van der Waals surface area contributed by atoms with Crippen molar-refractivity contribution in [2.45, 2.75) is 25.9 Å². The van der Waals surface area contributed by atoms with Crippen molar-refractivity contribution >= 4 is 39.1 Å². The van der Waals surface area contributed by atoms with Crippen LogP contribution in [0.3, 0.4) is 0 Å². The molecule has 11 heteroatoms. The summed E-state index contributed by atoms with van der Waals surface area (Å²) in [6.07, 6.45) is 1.01. The summed E-state index contributed by atoms with van der Waals surface area (Å²) in [6, 6.07) is 17.4. The van der Waals surface area contributed by atoms with Crippen LogP contribution in [0, 0.1) is 11.6 Å². The summed E-state index contributed by atoms with van der Waals surface area (Å²) in [5, 5.41) is 3.17. The first-order valence-electron chi connectivity index (χ1n) is 11.8. The Balaban J connectivity index is 2.05. The first kappa shape index (κ1) is 29.1. The molecule has 3 aromatic rings. The van der Waals surface area contributed by atoms with E-state index in [1.807, 2.05) is 30.3 Å². The van der Waals surface area contributed by atoms with Crippen LogP contribution in [0.15, 0.2) is 72.8 Å². The monoisotopic (exact) mass is 563 g/mol. The molecule has 0 aliphatic rings. The van der Waals surface area contributed by atoms with Gasteiger partial charge in [0.15, 0.2) is 11.6 Å². The van der Waals surface area contributed by atoms with Crippen molar-refractivity contribution in [2.24, 2.45) is 0 Å². The molecule has 202 valence electrons. The van der Waals surface area contributed by atoms with Gasteiger partial charge in [0.1, 0.15) is 12.6 Å². The van der Waals surface area contributed by atoms with E-state index in [4.69, 9.17) is 11.6 Å². The third-order valence-corrected chi connectivity index (χ3v) is 7.11. The Morgan fingerprint density at radius 2 is 1.63 bits per heavy atom. The molecule has 0 radical (unpaired) electrons. The number of hydrogen-bond acceptors (Lipinski definition) is 4. The molecule has 7 nitrogen and oxygen atoms in total. The van der Waals surface area contributed by atoms with Gasteiger partial charge >= 0.3 is 0 Å². The van der Waals surface area contributed by atoms with Crippen molar-refractivity contribution in [1.29, 1.82) is 0 Å². The fourth-order valence-corrected chi connectivity index (χ4v) is 4.99. The van der Waals surface area contributed by atoms with Crippen LogP contribution in [-0.2, 0) is 32.6 Å². The second-order valence-electron chi connectivity index (χ2n) is 8.62. The van der Waals surface area contributed by atoms with Crippen LogP contribution >= 0.6 is 11.6 Å². The fraction of sp³-hybridized carbons (Fsp3) is 0.259. The number of sulfonamides is 1. The quantitative estimate of drug-likeness (QED) is 0.379. The molecule has 0 aliphatic carbocycles. The normalized spacial score (nSPS) is 12.0. The molecular formula is C27H28ClF2N3O4S. The van der Waals surface area contributed by atoms with Crippen molar-refractivity contribution < 1.29 is 26.8 Å². The van der Waals surface area contributed by atoms with Crippen molar-refractivity contribution in [2.75, 3.05) is 23.7 Å². The highest BCUT2D eigenvalue weighted by Gasteiger charge is 2.33. The molecule has 0 spiro atoms. The molecule has 38 heavy (non-hydrogen) atoms. The molecule has 3 rings (SSSR count). The van der Waals surface area contributed by atoms with Crippen molar-refractivity contribution in [3.8, 4) is 0 Å². The molecule has 0 aromatic heterocycles. The Hall–Kier alpha value is -3.50. The second-order valence-corrected chi connectivity index (χ2v) is 11.0. The van der Waals surface area contributed by atoms with E-state index < -0.39 is 46.1 Å². The van der Waals surface area contributed by atoms with Gasteiger partial charge in [0, 0.05) is 30.6 Å². The number of anilines is 1. The minimum absolute atomic E-state index is 0.0522. The number of likely N-dealkylation sites (N-methyl/N-ethyl adjacent to an activating group) is 1. The molecule has 0 unspecified atom stereocenters. The number of carbonyl (C=O) groups is 2. The summed E-state index contributed by atoms with van der Waals surface area (Å²) < 4.78 is 53.4.